The molecule has 1 aromatic carbocycles. The van der Waals surface area contributed by atoms with E-state index in [1.807, 2.05) is 0 Å². The number of aromatic nitrogens is 6. The van der Waals surface area contributed by atoms with Gasteiger partial charge in [-0.05, 0) is 62.6 Å². The predicted octanol–water partition coefficient (Wildman–Crippen LogP) is 13.5. The maximum absolute atomic E-state index is 5.21. The molecule has 5 rings (SSSR count). The average Bonchev–Trinajstić information content (AvgIpc) is 3.90. The van der Waals surface area contributed by atoms with Crippen LogP contribution in [0.5, 0.6) is 0 Å². The van der Waals surface area contributed by atoms with Crippen LogP contribution >= 0.6 is 45.7 Å². The highest BCUT2D eigenvalue weighted by Gasteiger charge is 2.26. The Balaban J connectivity index is 1.21. The number of thiazole rings is 2. The second kappa shape index (κ2) is 20.1. The molecule has 5 aromatic rings. The van der Waals surface area contributed by atoms with Crippen LogP contribution in [0.15, 0.2) is 0 Å². The molecule has 262 valence electrons. The average molecular weight is 725 g/mol. The van der Waals surface area contributed by atoms with Crippen molar-refractivity contribution in [2.24, 2.45) is 0 Å². The normalized spacial score (nSPS) is 11.9. The summed E-state index contributed by atoms with van der Waals surface area (Å²) in [6, 6.07) is 0. The molecular formula is C38H56N6S4. The zero-order valence-electron chi connectivity index (χ0n) is 29.9. The Kier molecular flexibility index (Phi) is 15.6. The molecule has 10 heteroatoms. The molecule has 0 amide bonds. The van der Waals surface area contributed by atoms with E-state index in [4.69, 9.17) is 9.97 Å². The van der Waals surface area contributed by atoms with Gasteiger partial charge >= 0.3 is 0 Å². The van der Waals surface area contributed by atoms with E-state index in [9.17, 15) is 0 Å². The third kappa shape index (κ3) is 10.1. The maximum atomic E-state index is 5.21. The summed E-state index contributed by atoms with van der Waals surface area (Å²) in [4.78, 5) is 13.0. The predicted molar refractivity (Wildman–Crippen MR) is 211 cm³/mol. The van der Waals surface area contributed by atoms with Crippen LogP contribution in [0.4, 0.5) is 0 Å². The second-order valence-electron chi connectivity index (χ2n) is 13.6. The van der Waals surface area contributed by atoms with Crippen LogP contribution in [0.1, 0.15) is 163 Å². The van der Waals surface area contributed by atoms with Crippen molar-refractivity contribution < 1.29 is 0 Å². The fourth-order valence-electron chi connectivity index (χ4n) is 6.74. The first kappa shape index (κ1) is 37.4. The van der Waals surface area contributed by atoms with Crippen LogP contribution < -0.4 is 0 Å². The molecule has 0 fully saturated rings. The number of nitrogens with zero attached hydrogens (tertiary/aromatic N) is 6. The van der Waals surface area contributed by atoms with Crippen molar-refractivity contribution in [3.8, 4) is 21.1 Å². The van der Waals surface area contributed by atoms with Gasteiger partial charge in [-0.3, -0.25) is 0 Å². The van der Waals surface area contributed by atoms with Gasteiger partial charge < -0.3 is 0 Å². The molecule has 48 heavy (non-hydrogen) atoms. The molecule has 0 saturated carbocycles. The third-order valence-corrected chi connectivity index (χ3v) is 13.2. The van der Waals surface area contributed by atoms with Crippen molar-refractivity contribution >= 4 is 66.2 Å². The molecule has 0 atom stereocenters. The number of rotatable bonds is 24. The maximum Gasteiger partial charge on any atom is 0.127 e. The fourth-order valence-corrected chi connectivity index (χ4v) is 10.3. The molecular weight excluding hydrogens is 669 g/mol. The van der Waals surface area contributed by atoms with Crippen LogP contribution in [-0.2, 0) is 12.8 Å². The number of benzene rings is 1. The van der Waals surface area contributed by atoms with E-state index in [2.05, 4.69) is 46.9 Å². The van der Waals surface area contributed by atoms with Crippen LogP contribution in [0.3, 0.4) is 0 Å². The molecule has 0 aliphatic heterocycles. The number of hydrogen-bond donors (Lipinski definition) is 0. The summed E-state index contributed by atoms with van der Waals surface area (Å²) >= 11 is 6.44. The monoisotopic (exact) mass is 724 g/mol. The van der Waals surface area contributed by atoms with Crippen molar-refractivity contribution in [1.29, 1.82) is 0 Å². The van der Waals surface area contributed by atoms with E-state index < -0.39 is 0 Å². The Bertz CT molecular complexity index is 1500. The molecule has 0 saturated heterocycles. The Morgan fingerprint density at radius 2 is 0.771 bits per heavy atom. The molecule has 0 aliphatic rings. The van der Waals surface area contributed by atoms with Crippen LogP contribution in [0, 0.1) is 13.8 Å². The van der Waals surface area contributed by atoms with E-state index in [1.165, 1.54) is 173 Å². The van der Waals surface area contributed by atoms with E-state index in [-0.39, 0.29) is 0 Å². The highest BCUT2D eigenvalue weighted by atomic mass is 32.1. The van der Waals surface area contributed by atoms with Crippen LogP contribution in [0.25, 0.3) is 41.6 Å². The van der Waals surface area contributed by atoms with Crippen molar-refractivity contribution in [2.75, 3.05) is 0 Å². The zero-order valence-corrected chi connectivity index (χ0v) is 33.1. The molecule has 0 unspecified atom stereocenters. The zero-order chi connectivity index (χ0) is 33.6. The standard InChI is InChI=1S/C38H56N6S4/c1-5-7-9-11-13-15-17-19-21-23-25-29-27(3)45-37(39-29)31-33-36(48-43-41-33)32(34-35(31)47-44-42-34)38-40-30(28(4)46-38)26-24-22-20-18-16-14-12-10-8-6-2/h5-26H2,1-4H3. The SMILES string of the molecule is CCCCCCCCCCCCc1nc(-c2c3nnsc3c(-c3nc(CCCCCCCCCCCC)c(C)s3)c3nnsc23)sc1C. The minimum atomic E-state index is 0.914. The number of fused-ring (bicyclic) bond motifs is 2. The summed E-state index contributed by atoms with van der Waals surface area (Å²) in [5.74, 6) is 0. The molecule has 0 bridgehead atoms. The number of hydrogen-bond acceptors (Lipinski definition) is 10. The lowest BCUT2D eigenvalue weighted by atomic mass is 10.0. The van der Waals surface area contributed by atoms with Gasteiger partial charge in [-0.15, -0.1) is 32.9 Å². The van der Waals surface area contributed by atoms with Gasteiger partial charge in [-0.1, -0.05) is 138 Å². The van der Waals surface area contributed by atoms with Gasteiger partial charge in [0, 0.05) is 9.75 Å². The lowest BCUT2D eigenvalue weighted by molar-refractivity contribution is 0.555. The Hall–Kier alpha value is -1.88. The molecule has 0 aliphatic carbocycles. The molecule has 0 radical (unpaired) electrons. The first-order valence-corrected chi connectivity index (χ1v) is 22.1. The highest BCUT2D eigenvalue weighted by molar-refractivity contribution is 7.19. The van der Waals surface area contributed by atoms with Gasteiger partial charge in [-0.2, -0.15) is 0 Å². The van der Waals surface area contributed by atoms with Crippen molar-refractivity contribution in [1.82, 2.24) is 29.1 Å². The van der Waals surface area contributed by atoms with Gasteiger partial charge in [0.15, 0.2) is 0 Å². The molecule has 6 nitrogen and oxygen atoms in total. The van der Waals surface area contributed by atoms with Crippen LogP contribution in [-0.4, -0.2) is 29.1 Å². The van der Waals surface area contributed by atoms with Gasteiger partial charge in [-0.25, -0.2) is 9.97 Å². The number of aryl methyl sites for hydroxylation is 4. The lowest BCUT2D eigenvalue weighted by Gasteiger charge is -2.05. The van der Waals surface area contributed by atoms with Gasteiger partial charge in [0.25, 0.3) is 0 Å². The smallest absolute Gasteiger partial charge is 0.127 e. The van der Waals surface area contributed by atoms with E-state index in [0.29, 0.717) is 0 Å². The van der Waals surface area contributed by atoms with Crippen molar-refractivity contribution in [2.45, 2.75) is 169 Å². The lowest BCUT2D eigenvalue weighted by Crippen LogP contribution is -1.91. The number of unbranched alkanes of at least 4 members (excludes halogenated alkanes) is 18. The van der Waals surface area contributed by atoms with E-state index >= 15 is 0 Å². The Labute approximate surface area is 304 Å². The quantitative estimate of drug-likeness (QED) is 0.0590. The summed E-state index contributed by atoms with van der Waals surface area (Å²) in [7, 11) is 0. The molecule has 0 spiro atoms. The largest absolute Gasteiger partial charge is 0.241 e. The van der Waals surface area contributed by atoms with Gasteiger partial charge in [0.2, 0.25) is 0 Å². The van der Waals surface area contributed by atoms with Gasteiger partial charge in [0.1, 0.15) is 21.0 Å². The van der Waals surface area contributed by atoms with Crippen molar-refractivity contribution in [3.63, 3.8) is 0 Å². The van der Waals surface area contributed by atoms with E-state index in [1.54, 1.807) is 22.7 Å². The second-order valence-corrected chi connectivity index (χ2v) is 17.5. The van der Waals surface area contributed by atoms with Crippen molar-refractivity contribution in [3.05, 3.63) is 21.1 Å². The minimum absolute atomic E-state index is 0.914. The summed E-state index contributed by atoms with van der Waals surface area (Å²) in [5.41, 5.74) is 6.39. The van der Waals surface area contributed by atoms with E-state index in [0.717, 1.165) is 54.4 Å². The third-order valence-electron chi connectivity index (χ3n) is 9.65. The Morgan fingerprint density at radius 1 is 0.438 bits per heavy atom. The first-order valence-electron chi connectivity index (χ1n) is 19.0. The topological polar surface area (TPSA) is 77.3 Å². The summed E-state index contributed by atoms with van der Waals surface area (Å²) in [6.45, 7) is 9.01. The summed E-state index contributed by atoms with van der Waals surface area (Å²) in [6.07, 6.45) is 29.1. The van der Waals surface area contributed by atoms with Crippen LogP contribution in [0.2, 0.25) is 0 Å². The fraction of sp³-hybridized carbons (Fsp3) is 0.684. The summed E-state index contributed by atoms with van der Waals surface area (Å²) < 4.78 is 11.0. The Morgan fingerprint density at radius 3 is 1.12 bits per heavy atom. The summed E-state index contributed by atoms with van der Waals surface area (Å²) in [5, 5.41) is 11.4. The molecule has 0 N–H and O–H groups in total. The first-order chi connectivity index (χ1) is 23.6. The molecule has 4 heterocycles. The van der Waals surface area contributed by atoms with Gasteiger partial charge in [0.05, 0.1) is 31.9 Å². The molecule has 4 aromatic heterocycles. The minimum Gasteiger partial charge on any atom is -0.241 e. The highest BCUT2D eigenvalue weighted by Crippen LogP contribution is 2.47.